The molecule has 17 heavy (non-hydrogen) atoms. The molecule has 3 rings (SSSR count). The summed E-state index contributed by atoms with van der Waals surface area (Å²) in [6, 6.07) is 0. The maximum absolute atomic E-state index is 5.77. The third kappa shape index (κ3) is 2.23. The van der Waals surface area contributed by atoms with E-state index < -0.39 is 0 Å². The summed E-state index contributed by atoms with van der Waals surface area (Å²) in [5.74, 6) is 4.08. The van der Waals surface area contributed by atoms with Gasteiger partial charge < -0.3 is 9.73 Å². The van der Waals surface area contributed by atoms with Crippen LogP contribution in [0.1, 0.15) is 50.3 Å². The Morgan fingerprint density at radius 2 is 2.12 bits per heavy atom. The van der Waals surface area contributed by atoms with Gasteiger partial charge in [-0.25, -0.2) is 0 Å². The normalized spacial score (nSPS) is 30.5. The molecule has 1 aromatic rings. The van der Waals surface area contributed by atoms with Gasteiger partial charge >= 0.3 is 0 Å². The van der Waals surface area contributed by atoms with E-state index in [0.29, 0.717) is 5.92 Å². The average molecular weight is 235 g/mol. The van der Waals surface area contributed by atoms with E-state index in [2.05, 4.69) is 22.4 Å². The zero-order valence-electron chi connectivity index (χ0n) is 10.5. The van der Waals surface area contributed by atoms with Crippen molar-refractivity contribution in [3.05, 3.63) is 11.8 Å². The minimum atomic E-state index is 0.610. The molecule has 2 fully saturated rings. The van der Waals surface area contributed by atoms with Gasteiger partial charge in [0.1, 0.15) is 0 Å². The summed E-state index contributed by atoms with van der Waals surface area (Å²) >= 11 is 0. The average Bonchev–Trinajstić information content (AvgIpc) is 2.77. The number of hydrogen-bond acceptors (Lipinski definition) is 4. The summed E-state index contributed by atoms with van der Waals surface area (Å²) in [7, 11) is 0. The SMILES string of the molecule is CCNCCCc1nnc(C2C3CCCC32)o1. The van der Waals surface area contributed by atoms with Crippen molar-refractivity contribution in [1.82, 2.24) is 15.5 Å². The monoisotopic (exact) mass is 235 g/mol. The second-order valence-corrected chi connectivity index (χ2v) is 5.28. The maximum atomic E-state index is 5.77. The highest BCUT2D eigenvalue weighted by molar-refractivity contribution is 5.15. The van der Waals surface area contributed by atoms with Crippen molar-refractivity contribution in [3.8, 4) is 0 Å². The Kier molecular flexibility index (Phi) is 3.14. The van der Waals surface area contributed by atoms with Crippen LogP contribution in [0.25, 0.3) is 0 Å². The minimum absolute atomic E-state index is 0.610. The van der Waals surface area contributed by atoms with Crippen LogP contribution in [0.2, 0.25) is 0 Å². The van der Waals surface area contributed by atoms with Crippen molar-refractivity contribution in [3.63, 3.8) is 0 Å². The predicted molar refractivity (Wildman–Crippen MR) is 64.7 cm³/mol. The molecule has 4 heteroatoms. The van der Waals surface area contributed by atoms with Crippen LogP contribution in [0.15, 0.2) is 4.42 Å². The van der Waals surface area contributed by atoms with Crippen LogP contribution in [-0.2, 0) is 6.42 Å². The highest BCUT2D eigenvalue weighted by Gasteiger charge is 2.56. The third-order valence-corrected chi connectivity index (χ3v) is 4.17. The lowest BCUT2D eigenvalue weighted by atomic mass is 10.1. The van der Waals surface area contributed by atoms with Crippen molar-refractivity contribution < 1.29 is 4.42 Å². The Bertz CT molecular complexity index is 366. The first-order valence-corrected chi connectivity index (χ1v) is 6.93. The lowest BCUT2D eigenvalue weighted by Crippen LogP contribution is -2.14. The summed E-state index contributed by atoms with van der Waals surface area (Å²) in [4.78, 5) is 0. The number of nitrogens with one attached hydrogen (secondary N) is 1. The molecule has 94 valence electrons. The molecule has 0 amide bonds. The van der Waals surface area contributed by atoms with Crippen LogP contribution in [-0.4, -0.2) is 23.3 Å². The molecule has 2 aliphatic rings. The molecule has 0 radical (unpaired) electrons. The molecule has 1 N–H and O–H groups in total. The molecule has 1 heterocycles. The van der Waals surface area contributed by atoms with Crippen molar-refractivity contribution in [2.24, 2.45) is 11.8 Å². The van der Waals surface area contributed by atoms with Crippen molar-refractivity contribution in [2.75, 3.05) is 13.1 Å². The Hall–Kier alpha value is -0.900. The Morgan fingerprint density at radius 3 is 2.88 bits per heavy atom. The summed E-state index contributed by atoms with van der Waals surface area (Å²) in [6.45, 7) is 4.18. The van der Waals surface area contributed by atoms with Gasteiger partial charge in [0.25, 0.3) is 0 Å². The molecule has 2 saturated carbocycles. The molecular formula is C13H21N3O. The molecule has 0 spiro atoms. The molecule has 2 atom stereocenters. The first kappa shape index (κ1) is 11.2. The van der Waals surface area contributed by atoms with E-state index in [4.69, 9.17) is 4.42 Å². The zero-order valence-corrected chi connectivity index (χ0v) is 10.5. The van der Waals surface area contributed by atoms with E-state index in [1.807, 2.05) is 0 Å². The lowest BCUT2D eigenvalue weighted by molar-refractivity contribution is 0.427. The fourth-order valence-electron chi connectivity index (χ4n) is 3.23. The Morgan fingerprint density at radius 1 is 1.29 bits per heavy atom. The first-order valence-electron chi connectivity index (χ1n) is 6.93. The van der Waals surface area contributed by atoms with Crippen LogP contribution < -0.4 is 5.32 Å². The molecule has 0 aliphatic heterocycles. The first-order chi connectivity index (χ1) is 8.40. The Labute approximate surface area is 102 Å². The summed E-state index contributed by atoms with van der Waals surface area (Å²) in [5.41, 5.74) is 0. The highest BCUT2D eigenvalue weighted by atomic mass is 16.4. The highest BCUT2D eigenvalue weighted by Crippen LogP contribution is 2.62. The van der Waals surface area contributed by atoms with E-state index in [9.17, 15) is 0 Å². The van der Waals surface area contributed by atoms with Gasteiger partial charge in [-0.1, -0.05) is 13.3 Å². The van der Waals surface area contributed by atoms with E-state index in [0.717, 1.165) is 49.5 Å². The van der Waals surface area contributed by atoms with Crippen molar-refractivity contribution in [2.45, 2.75) is 44.9 Å². The van der Waals surface area contributed by atoms with Gasteiger partial charge in [0.15, 0.2) is 0 Å². The summed E-state index contributed by atoms with van der Waals surface area (Å²) in [5, 5.41) is 11.7. The molecule has 2 unspecified atom stereocenters. The lowest BCUT2D eigenvalue weighted by Gasteiger charge is -1.98. The van der Waals surface area contributed by atoms with Crippen molar-refractivity contribution >= 4 is 0 Å². The number of rotatable bonds is 6. The molecule has 0 saturated heterocycles. The number of nitrogens with zero attached hydrogens (tertiary/aromatic N) is 2. The molecule has 1 aromatic heterocycles. The van der Waals surface area contributed by atoms with Gasteiger partial charge in [-0.2, -0.15) is 0 Å². The van der Waals surface area contributed by atoms with Gasteiger partial charge in [0.2, 0.25) is 11.8 Å². The van der Waals surface area contributed by atoms with E-state index in [1.54, 1.807) is 0 Å². The second-order valence-electron chi connectivity index (χ2n) is 5.28. The van der Waals surface area contributed by atoms with E-state index in [-0.39, 0.29) is 0 Å². The van der Waals surface area contributed by atoms with Gasteiger partial charge in [-0.3, -0.25) is 0 Å². The molecule has 0 aromatic carbocycles. The quantitative estimate of drug-likeness (QED) is 0.767. The van der Waals surface area contributed by atoms with Crippen molar-refractivity contribution in [1.29, 1.82) is 0 Å². The number of hydrogen-bond donors (Lipinski definition) is 1. The molecule has 0 bridgehead atoms. The summed E-state index contributed by atoms with van der Waals surface area (Å²) in [6.07, 6.45) is 6.12. The van der Waals surface area contributed by atoms with Crippen LogP contribution >= 0.6 is 0 Å². The van der Waals surface area contributed by atoms with Crippen LogP contribution in [0.5, 0.6) is 0 Å². The number of fused-ring (bicyclic) bond motifs is 1. The molecule has 4 nitrogen and oxygen atoms in total. The van der Waals surface area contributed by atoms with Gasteiger partial charge in [0, 0.05) is 12.3 Å². The predicted octanol–water partition coefficient (Wildman–Crippen LogP) is 2.13. The minimum Gasteiger partial charge on any atom is -0.425 e. The third-order valence-electron chi connectivity index (χ3n) is 4.17. The second kappa shape index (κ2) is 4.77. The number of aryl methyl sites for hydroxylation is 1. The van der Waals surface area contributed by atoms with E-state index in [1.165, 1.54) is 19.3 Å². The van der Waals surface area contributed by atoms with E-state index >= 15 is 0 Å². The fourth-order valence-corrected chi connectivity index (χ4v) is 3.23. The van der Waals surface area contributed by atoms with Crippen LogP contribution in [0.4, 0.5) is 0 Å². The number of aromatic nitrogens is 2. The maximum Gasteiger partial charge on any atom is 0.220 e. The van der Waals surface area contributed by atoms with Crippen LogP contribution in [0, 0.1) is 11.8 Å². The topological polar surface area (TPSA) is 51.0 Å². The standard InChI is InChI=1S/C13H21N3O/c1-2-14-8-4-7-11-15-16-13(17-11)12-9-5-3-6-10(9)12/h9-10,12,14H,2-8H2,1H3. The molecule has 2 aliphatic carbocycles. The summed E-state index contributed by atoms with van der Waals surface area (Å²) < 4.78 is 5.77. The van der Waals surface area contributed by atoms with Gasteiger partial charge in [-0.15, -0.1) is 10.2 Å². The fraction of sp³-hybridized carbons (Fsp3) is 0.846. The largest absolute Gasteiger partial charge is 0.425 e. The molecular weight excluding hydrogens is 214 g/mol. The van der Waals surface area contributed by atoms with Gasteiger partial charge in [-0.05, 0) is 44.2 Å². The Balaban J connectivity index is 1.49. The van der Waals surface area contributed by atoms with Gasteiger partial charge in [0.05, 0.1) is 0 Å². The smallest absolute Gasteiger partial charge is 0.220 e. The van der Waals surface area contributed by atoms with Crippen LogP contribution in [0.3, 0.4) is 0 Å². The zero-order chi connectivity index (χ0) is 11.7.